The van der Waals surface area contributed by atoms with E-state index in [1.807, 2.05) is 37.4 Å². The number of rotatable bonds is 4. The Morgan fingerprint density at radius 1 is 1.29 bits per heavy atom. The van der Waals surface area contributed by atoms with Crippen molar-refractivity contribution in [1.82, 2.24) is 4.98 Å². The summed E-state index contributed by atoms with van der Waals surface area (Å²) in [6.07, 6.45) is 1.78. The molecule has 88 valence electrons. The Labute approximate surface area is 105 Å². The van der Waals surface area contributed by atoms with Crippen LogP contribution in [-0.2, 0) is 5.75 Å². The number of thioether (sulfide) groups is 1. The molecule has 0 saturated carbocycles. The molecule has 2 N–H and O–H groups in total. The summed E-state index contributed by atoms with van der Waals surface area (Å²) in [6, 6.07) is 11.3. The number of benzene rings is 1. The van der Waals surface area contributed by atoms with Crippen LogP contribution in [0.5, 0.6) is 5.75 Å². The van der Waals surface area contributed by atoms with Crippen molar-refractivity contribution in [3.63, 3.8) is 0 Å². The summed E-state index contributed by atoms with van der Waals surface area (Å²) < 4.78 is 0. The third-order valence-electron chi connectivity index (χ3n) is 2.35. The molecule has 17 heavy (non-hydrogen) atoms. The maximum absolute atomic E-state index is 9.64. The molecule has 3 nitrogen and oxygen atoms in total. The minimum atomic E-state index is 0.322. The number of hydrogen-bond acceptors (Lipinski definition) is 4. The first-order valence-electron chi connectivity index (χ1n) is 5.33. The maximum atomic E-state index is 9.64. The molecule has 0 bridgehead atoms. The summed E-state index contributed by atoms with van der Waals surface area (Å²) in [5.41, 5.74) is 2.04. The zero-order chi connectivity index (χ0) is 12.1. The fourth-order valence-corrected chi connectivity index (χ4v) is 2.30. The van der Waals surface area contributed by atoms with E-state index in [1.165, 1.54) is 0 Å². The third-order valence-corrected chi connectivity index (χ3v) is 3.44. The second kappa shape index (κ2) is 5.59. The van der Waals surface area contributed by atoms with E-state index in [4.69, 9.17) is 0 Å². The molecule has 0 radical (unpaired) electrons. The number of nitrogens with zero attached hydrogens (tertiary/aromatic N) is 1. The van der Waals surface area contributed by atoms with E-state index >= 15 is 0 Å². The van der Waals surface area contributed by atoms with Crippen molar-refractivity contribution in [3.8, 4) is 5.75 Å². The first kappa shape index (κ1) is 11.8. The molecule has 0 aliphatic rings. The molecule has 2 aromatic rings. The number of pyridine rings is 1. The van der Waals surface area contributed by atoms with Gasteiger partial charge in [0.25, 0.3) is 0 Å². The van der Waals surface area contributed by atoms with Gasteiger partial charge >= 0.3 is 0 Å². The molecule has 0 atom stereocenters. The second-order valence-corrected chi connectivity index (χ2v) is 4.56. The van der Waals surface area contributed by atoms with Crippen LogP contribution in [0, 0.1) is 0 Å². The van der Waals surface area contributed by atoms with Gasteiger partial charge in [-0.05, 0) is 24.3 Å². The molecule has 0 unspecified atom stereocenters. The Morgan fingerprint density at radius 2 is 2.12 bits per heavy atom. The Kier molecular flexibility index (Phi) is 3.88. The zero-order valence-electron chi connectivity index (χ0n) is 9.55. The molecule has 1 aromatic heterocycles. The average Bonchev–Trinajstić information content (AvgIpc) is 2.38. The largest absolute Gasteiger partial charge is 0.507 e. The highest BCUT2D eigenvalue weighted by Gasteiger charge is 2.02. The van der Waals surface area contributed by atoms with Crippen LogP contribution >= 0.6 is 11.8 Å². The zero-order valence-corrected chi connectivity index (χ0v) is 10.4. The van der Waals surface area contributed by atoms with Crippen molar-refractivity contribution in [2.45, 2.75) is 10.6 Å². The average molecular weight is 246 g/mol. The number of anilines is 1. The van der Waals surface area contributed by atoms with Crippen molar-refractivity contribution < 1.29 is 5.11 Å². The summed E-state index contributed by atoms with van der Waals surface area (Å²) in [5, 5.41) is 12.7. The normalized spacial score (nSPS) is 10.2. The minimum Gasteiger partial charge on any atom is -0.507 e. The van der Waals surface area contributed by atoms with E-state index in [9.17, 15) is 5.11 Å². The van der Waals surface area contributed by atoms with Gasteiger partial charge in [0.2, 0.25) is 0 Å². The topological polar surface area (TPSA) is 45.2 Å². The summed E-state index contributed by atoms with van der Waals surface area (Å²) in [7, 11) is 1.88. The number of aromatic hydroxyl groups is 1. The van der Waals surface area contributed by atoms with Gasteiger partial charge in [-0.25, -0.2) is 0 Å². The lowest BCUT2D eigenvalue weighted by molar-refractivity contribution is 0.462. The lowest BCUT2D eigenvalue weighted by Gasteiger charge is -2.05. The molecule has 0 aliphatic carbocycles. The van der Waals surface area contributed by atoms with Gasteiger partial charge in [-0.2, -0.15) is 0 Å². The van der Waals surface area contributed by atoms with E-state index in [0.29, 0.717) is 5.75 Å². The molecule has 4 heteroatoms. The molecule has 0 saturated heterocycles. The first-order chi connectivity index (χ1) is 8.29. The quantitative estimate of drug-likeness (QED) is 0.814. The fraction of sp³-hybridized carbons (Fsp3) is 0.154. The molecule has 0 amide bonds. The molecule has 0 aliphatic heterocycles. The smallest absolute Gasteiger partial charge is 0.129 e. The SMILES string of the molecule is CNc1ccnc(CSc2ccccc2O)c1. The summed E-state index contributed by atoms with van der Waals surface area (Å²) in [6.45, 7) is 0. The summed E-state index contributed by atoms with van der Waals surface area (Å²) >= 11 is 1.58. The standard InChI is InChI=1S/C13H14N2OS/c1-14-10-6-7-15-11(8-10)9-17-13-5-3-2-4-12(13)16/h2-8,16H,9H2,1H3,(H,14,15). The minimum absolute atomic E-state index is 0.322. The van der Waals surface area contributed by atoms with Gasteiger partial charge in [0.05, 0.1) is 5.69 Å². The first-order valence-corrected chi connectivity index (χ1v) is 6.31. The number of hydrogen-bond donors (Lipinski definition) is 2. The van der Waals surface area contributed by atoms with Gasteiger partial charge < -0.3 is 10.4 Å². The van der Waals surface area contributed by atoms with E-state index < -0.39 is 0 Å². The Morgan fingerprint density at radius 3 is 2.88 bits per heavy atom. The molecular formula is C13H14N2OS. The Bertz CT molecular complexity index is 502. The van der Waals surface area contributed by atoms with Gasteiger partial charge in [-0.3, -0.25) is 4.98 Å². The summed E-state index contributed by atoms with van der Waals surface area (Å²) in [5.74, 6) is 1.06. The monoisotopic (exact) mass is 246 g/mol. The van der Waals surface area contributed by atoms with E-state index in [-0.39, 0.29) is 0 Å². The van der Waals surface area contributed by atoms with E-state index in [2.05, 4.69) is 10.3 Å². The van der Waals surface area contributed by atoms with Gasteiger partial charge in [0.15, 0.2) is 0 Å². The van der Waals surface area contributed by atoms with Crippen molar-refractivity contribution in [2.75, 3.05) is 12.4 Å². The highest BCUT2D eigenvalue weighted by atomic mass is 32.2. The molecular weight excluding hydrogens is 232 g/mol. The Hall–Kier alpha value is -1.68. The Balaban J connectivity index is 2.05. The van der Waals surface area contributed by atoms with Crippen LogP contribution in [0.4, 0.5) is 5.69 Å². The lowest BCUT2D eigenvalue weighted by atomic mass is 10.3. The predicted octanol–water partition coefficient (Wildman–Crippen LogP) is 3.12. The third kappa shape index (κ3) is 3.14. The number of phenols is 1. The number of nitrogens with one attached hydrogen (secondary N) is 1. The number of phenolic OH excluding ortho intramolecular Hbond substituents is 1. The van der Waals surface area contributed by atoms with Crippen LogP contribution < -0.4 is 5.32 Å². The number of aromatic nitrogens is 1. The predicted molar refractivity (Wildman–Crippen MR) is 71.5 cm³/mol. The molecule has 2 rings (SSSR count). The van der Waals surface area contributed by atoms with Crippen LogP contribution in [0.15, 0.2) is 47.5 Å². The van der Waals surface area contributed by atoms with Crippen LogP contribution in [0.25, 0.3) is 0 Å². The second-order valence-electron chi connectivity index (χ2n) is 3.54. The van der Waals surface area contributed by atoms with Crippen molar-refractivity contribution in [2.24, 2.45) is 0 Å². The summed E-state index contributed by atoms with van der Waals surface area (Å²) in [4.78, 5) is 5.17. The molecule has 1 heterocycles. The lowest BCUT2D eigenvalue weighted by Crippen LogP contribution is -1.92. The van der Waals surface area contributed by atoms with Crippen LogP contribution in [0.3, 0.4) is 0 Å². The molecule has 1 aromatic carbocycles. The molecule has 0 spiro atoms. The van der Waals surface area contributed by atoms with Crippen molar-refractivity contribution >= 4 is 17.4 Å². The van der Waals surface area contributed by atoms with Gasteiger partial charge in [0.1, 0.15) is 5.75 Å². The van der Waals surface area contributed by atoms with Gasteiger partial charge in [-0.1, -0.05) is 12.1 Å². The van der Waals surface area contributed by atoms with Crippen LogP contribution in [0.2, 0.25) is 0 Å². The van der Waals surface area contributed by atoms with Crippen molar-refractivity contribution in [3.05, 3.63) is 48.3 Å². The fourth-order valence-electron chi connectivity index (χ4n) is 1.44. The van der Waals surface area contributed by atoms with Crippen molar-refractivity contribution in [1.29, 1.82) is 0 Å². The van der Waals surface area contributed by atoms with E-state index in [0.717, 1.165) is 22.0 Å². The van der Waals surface area contributed by atoms with Gasteiger partial charge in [-0.15, -0.1) is 11.8 Å². The highest BCUT2D eigenvalue weighted by molar-refractivity contribution is 7.98. The molecule has 0 fully saturated rings. The van der Waals surface area contributed by atoms with E-state index in [1.54, 1.807) is 24.0 Å². The highest BCUT2D eigenvalue weighted by Crippen LogP contribution is 2.30. The maximum Gasteiger partial charge on any atom is 0.129 e. The van der Waals surface area contributed by atoms with Crippen LogP contribution in [-0.4, -0.2) is 17.1 Å². The number of para-hydroxylation sites is 1. The van der Waals surface area contributed by atoms with Gasteiger partial charge in [0, 0.05) is 29.6 Å². The van der Waals surface area contributed by atoms with Crippen LogP contribution in [0.1, 0.15) is 5.69 Å².